The zero-order valence-corrected chi connectivity index (χ0v) is 9.44. The van der Waals surface area contributed by atoms with E-state index >= 15 is 0 Å². The molecular weight excluding hydrogens is 194 g/mol. The van der Waals surface area contributed by atoms with Crippen LogP contribution in [0.2, 0.25) is 0 Å². The summed E-state index contributed by atoms with van der Waals surface area (Å²) >= 11 is 0. The Morgan fingerprint density at radius 1 is 1.60 bits per heavy atom. The van der Waals surface area contributed by atoms with Crippen molar-refractivity contribution < 1.29 is 14.1 Å². The number of rotatable bonds is 3. The molecule has 0 aromatic carbocycles. The Kier molecular flexibility index (Phi) is 3.60. The summed E-state index contributed by atoms with van der Waals surface area (Å²) in [5.74, 6) is 0.218. The summed E-state index contributed by atoms with van der Waals surface area (Å²) in [7, 11) is 3.20. The highest BCUT2D eigenvalue weighted by Crippen LogP contribution is 2.01. The van der Waals surface area contributed by atoms with E-state index in [1.54, 1.807) is 12.3 Å². The second-order valence-electron chi connectivity index (χ2n) is 3.54. The maximum Gasteiger partial charge on any atom is 0.392 e. The van der Waals surface area contributed by atoms with Crippen molar-refractivity contribution in [2.24, 2.45) is 7.05 Å². The molecule has 5 nitrogen and oxygen atoms in total. The molecule has 1 N–H and O–H groups in total. The lowest BCUT2D eigenvalue weighted by Crippen LogP contribution is -2.36. The highest BCUT2D eigenvalue weighted by atomic mass is 16.5. The molecule has 0 bridgehead atoms. The van der Waals surface area contributed by atoms with Crippen molar-refractivity contribution in [3.63, 3.8) is 0 Å². The monoisotopic (exact) mass is 210 g/mol. The van der Waals surface area contributed by atoms with E-state index < -0.39 is 5.97 Å². The summed E-state index contributed by atoms with van der Waals surface area (Å²) < 4.78 is 6.41. The Labute approximate surface area is 89.1 Å². The van der Waals surface area contributed by atoms with Crippen LogP contribution in [0, 0.1) is 0 Å². The van der Waals surface area contributed by atoms with E-state index in [1.807, 2.05) is 25.5 Å². The van der Waals surface area contributed by atoms with Crippen molar-refractivity contribution in [2.75, 3.05) is 12.4 Å². The van der Waals surface area contributed by atoms with Gasteiger partial charge in [0, 0.05) is 6.07 Å². The molecular formula is C10H16N3O2+. The Bertz CT molecular complexity index is 364. The first kappa shape index (κ1) is 11.4. The summed E-state index contributed by atoms with van der Waals surface area (Å²) in [6.45, 7) is 4.01. The van der Waals surface area contributed by atoms with Gasteiger partial charge in [0.05, 0.1) is 26.4 Å². The van der Waals surface area contributed by atoms with Crippen LogP contribution in [0.1, 0.15) is 24.3 Å². The number of aromatic nitrogens is 2. The van der Waals surface area contributed by atoms with Gasteiger partial charge >= 0.3 is 11.9 Å². The minimum absolute atomic E-state index is 0.261. The summed E-state index contributed by atoms with van der Waals surface area (Å²) in [6, 6.07) is 1.88. The molecule has 1 aromatic rings. The Morgan fingerprint density at radius 3 is 2.80 bits per heavy atom. The molecule has 15 heavy (non-hydrogen) atoms. The molecule has 0 radical (unpaired) electrons. The topological polar surface area (TPSA) is 55.1 Å². The molecule has 1 aromatic heterocycles. The Hall–Kier alpha value is -1.65. The number of hydrogen-bond acceptors (Lipinski definition) is 4. The highest BCUT2D eigenvalue weighted by Gasteiger charge is 2.17. The molecule has 1 rings (SSSR count). The largest absolute Gasteiger partial charge is 0.463 e. The summed E-state index contributed by atoms with van der Waals surface area (Å²) in [5, 5.41) is 3.14. The van der Waals surface area contributed by atoms with E-state index in [4.69, 9.17) is 0 Å². The second-order valence-corrected chi connectivity index (χ2v) is 3.54. The molecule has 0 fully saturated rings. The first-order valence-electron chi connectivity index (χ1n) is 4.76. The smallest absolute Gasteiger partial charge is 0.392 e. The van der Waals surface area contributed by atoms with Crippen molar-refractivity contribution in [3.05, 3.63) is 18.0 Å². The number of nitrogens with zero attached hydrogens (tertiary/aromatic N) is 2. The first-order valence-corrected chi connectivity index (χ1v) is 4.76. The Balaban J connectivity index is 2.99. The molecule has 0 aliphatic heterocycles. The van der Waals surface area contributed by atoms with Gasteiger partial charge in [0.2, 0.25) is 5.69 Å². The SMILES string of the molecule is COC(=O)c1cc[n+](C)c(NC(C)C)n1. The normalized spacial score (nSPS) is 10.2. The zero-order valence-electron chi connectivity index (χ0n) is 9.44. The van der Waals surface area contributed by atoms with E-state index in [9.17, 15) is 4.79 Å². The van der Waals surface area contributed by atoms with Crippen molar-refractivity contribution in [2.45, 2.75) is 19.9 Å². The van der Waals surface area contributed by atoms with Crippen molar-refractivity contribution >= 4 is 11.9 Å². The van der Waals surface area contributed by atoms with E-state index in [0.717, 1.165) is 0 Å². The van der Waals surface area contributed by atoms with Gasteiger partial charge in [-0.1, -0.05) is 4.98 Å². The lowest BCUT2D eigenvalue weighted by atomic mass is 10.4. The second kappa shape index (κ2) is 4.72. The van der Waals surface area contributed by atoms with Crippen LogP contribution in [-0.2, 0) is 11.8 Å². The Morgan fingerprint density at radius 2 is 2.27 bits per heavy atom. The lowest BCUT2D eigenvalue weighted by Gasteiger charge is -2.05. The van der Waals surface area contributed by atoms with Crippen LogP contribution in [0.15, 0.2) is 12.3 Å². The van der Waals surface area contributed by atoms with Gasteiger partial charge < -0.3 is 4.74 Å². The van der Waals surface area contributed by atoms with Gasteiger partial charge in [0.25, 0.3) is 0 Å². The van der Waals surface area contributed by atoms with Crippen LogP contribution >= 0.6 is 0 Å². The van der Waals surface area contributed by atoms with Gasteiger partial charge in [-0.25, -0.2) is 9.36 Å². The number of nitrogens with one attached hydrogen (secondary N) is 1. The van der Waals surface area contributed by atoms with Crippen LogP contribution in [-0.4, -0.2) is 24.1 Å². The number of esters is 1. The lowest BCUT2D eigenvalue weighted by molar-refractivity contribution is -0.659. The molecule has 0 unspecified atom stereocenters. The van der Waals surface area contributed by atoms with E-state index in [1.165, 1.54) is 7.11 Å². The van der Waals surface area contributed by atoms with Gasteiger partial charge in [-0.15, -0.1) is 0 Å². The number of carbonyl (C=O) groups excluding carboxylic acids is 1. The summed E-state index contributed by atoms with van der Waals surface area (Å²) in [5.41, 5.74) is 0.304. The van der Waals surface area contributed by atoms with Crippen LogP contribution < -0.4 is 9.88 Å². The highest BCUT2D eigenvalue weighted by molar-refractivity contribution is 5.87. The third kappa shape index (κ3) is 2.90. The number of aryl methyl sites for hydroxylation is 1. The van der Waals surface area contributed by atoms with Gasteiger partial charge in [-0.05, 0) is 13.8 Å². The minimum atomic E-state index is -0.428. The molecule has 0 atom stereocenters. The fraction of sp³-hybridized carbons (Fsp3) is 0.500. The van der Waals surface area contributed by atoms with E-state index in [2.05, 4.69) is 15.0 Å². The maximum absolute atomic E-state index is 11.2. The number of methoxy groups -OCH3 is 1. The number of hydrogen-bond donors (Lipinski definition) is 1. The molecule has 5 heteroatoms. The van der Waals surface area contributed by atoms with E-state index in [0.29, 0.717) is 11.6 Å². The van der Waals surface area contributed by atoms with Crippen LogP contribution in [0.3, 0.4) is 0 Å². The first-order chi connectivity index (χ1) is 7.04. The zero-order chi connectivity index (χ0) is 11.4. The molecule has 0 aliphatic carbocycles. The fourth-order valence-corrected chi connectivity index (χ4v) is 1.09. The van der Waals surface area contributed by atoms with Crippen LogP contribution in [0.25, 0.3) is 0 Å². The predicted octanol–water partition coefficient (Wildman–Crippen LogP) is 0.513. The summed E-state index contributed by atoms with van der Waals surface area (Å²) in [6.07, 6.45) is 1.77. The number of carbonyl (C=O) groups is 1. The van der Waals surface area contributed by atoms with E-state index in [-0.39, 0.29) is 6.04 Å². The predicted molar refractivity (Wildman–Crippen MR) is 55.5 cm³/mol. The molecule has 0 amide bonds. The standard InChI is InChI=1S/C10H15N3O2/c1-7(2)11-10-12-8(9(14)15-4)5-6-13(10)3/h5-7H,1-4H3/p+1. The molecule has 1 heterocycles. The van der Waals surface area contributed by atoms with Crippen LogP contribution in [0.4, 0.5) is 5.95 Å². The average molecular weight is 210 g/mol. The van der Waals surface area contributed by atoms with Gasteiger partial charge in [0.1, 0.15) is 0 Å². The quantitative estimate of drug-likeness (QED) is 0.583. The van der Waals surface area contributed by atoms with Gasteiger partial charge in [0.15, 0.2) is 0 Å². The maximum atomic E-state index is 11.2. The molecule has 82 valence electrons. The van der Waals surface area contributed by atoms with Gasteiger partial charge in [-0.2, -0.15) is 0 Å². The fourth-order valence-electron chi connectivity index (χ4n) is 1.09. The number of anilines is 1. The molecule has 0 saturated carbocycles. The average Bonchev–Trinajstić information content (AvgIpc) is 2.19. The van der Waals surface area contributed by atoms with Crippen LogP contribution in [0.5, 0.6) is 0 Å². The van der Waals surface area contributed by atoms with Crippen molar-refractivity contribution in [3.8, 4) is 0 Å². The third-order valence-electron chi connectivity index (χ3n) is 1.83. The molecule has 0 aliphatic rings. The molecule has 0 spiro atoms. The van der Waals surface area contributed by atoms with Crippen molar-refractivity contribution in [1.29, 1.82) is 0 Å². The minimum Gasteiger partial charge on any atom is -0.463 e. The summed E-state index contributed by atoms with van der Waals surface area (Å²) in [4.78, 5) is 15.4. The number of ether oxygens (including phenoxy) is 1. The molecule has 0 saturated heterocycles. The van der Waals surface area contributed by atoms with Gasteiger partial charge in [-0.3, -0.25) is 5.32 Å². The third-order valence-corrected chi connectivity index (χ3v) is 1.83. The van der Waals surface area contributed by atoms with Crippen molar-refractivity contribution in [1.82, 2.24) is 4.98 Å².